The van der Waals surface area contributed by atoms with Crippen LogP contribution in [0.15, 0.2) is 48.5 Å². The summed E-state index contributed by atoms with van der Waals surface area (Å²) in [6, 6.07) is 14.9. The first-order valence-electron chi connectivity index (χ1n) is 9.08. The minimum absolute atomic E-state index is 0.00370. The summed E-state index contributed by atoms with van der Waals surface area (Å²) in [6.45, 7) is 2.62. The van der Waals surface area contributed by atoms with E-state index in [0.717, 1.165) is 24.2 Å². The van der Waals surface area contributed by atoms with E-state index in [9.17, 15) is 9.59 Å². The summed E-state index contributed by atoms with van der Waals surface area (Å²) in [5.74, 6) is 0.795. The molecule has 0 saturated heterocycles. The number of nitrogens with one attached hydrogen (secondary N) is 1. The van der Waals surface area contributed by atoms with Gasteiger partial charge in [-0.15, -0.1) is 0 Å². The van der Waals surface area contributed by atoms with Crippen molar-refractivity contribution in [1.29, 1.82) is 0 Å². The molecule has 0 radical (unpaired) electrons. The fourth-order valence-corrected chi connectivity index (χ4v) is 2.83. The molecule has 0 atom stereocenters. The van der Waals surface area contributed by atoms with E-state index in [0.29, 0.717) is 24.4 Å². The predicted molar refractivity (Wildman–Crippen MR) is 103 cm³/mol. The van der Waals surface area contributed by atoms with Crippen molar-refractivity contribution >= 4 is 17.7 Å². The van der Waals surface area contributed by atoms with Crippen LogP contribution < -0.4 is 10.1 Å². The van der Waals surface area contributed by atoms with E-state index >= 15 is 0 Å². The highest BCUT2D eigenvalue weighted by Crippen LogP contribution is 2.30. The Labute approximate surface area is 159 Å². The summed E-state index contributed by atoms with van der Waals surface area (Å²) in [5.41, 5.74) is 2.26. The Balaban J connectivity index is 1.68. The van der Waals surface area contributed by atoms with E-state index in [4.69, 9.17) is 9.47 Å². The number of carbonyl (C=O) groups excluding carboxylic acids is 2. The fourth-order valence-electron chi connectivity index (χ4n) is 2.83. The second kappa shape index (κ2) is 8.58. The molecule has 1 N–H and O–H groups in total. The molecule has 3 rings (SSSR count). The van der Waals surface area contributed by atoms with E-state index in [1.54, 1.807) is 38.3 Å². The van der Waals surface area contributed by atoms with Crippen molar-refractivity contribution < 1.29 is 19.1 Å². The molecule has 1 fully saturated rings. The van der Waals surface area contributed by atoms with Gasteiger partial charge in [-0.3, -0.25) is 10.1 Å². The van der Waals surface area contributed by atoms with Gasteiger partial charge in [0.05, 0.1) is 13.7 Å². The second-order valence-electron chi connectivity index (χ2n) is 6.44. The van der Waals surface area contributed by atoms with Gasteiger partial charge in [-0.05, 0) is 61.7 Å². The molecule has 6 nitrogen and oxygen atoms in total. The van der Waals surface area contributed by atoms with Crippen LogP contribution in [0.1, 0.15) is 35.7 Å². The van der Waals surface area contributed by atoms with Crippen LogP contribution in [0.4, 0.5) is 10.5 Å². The minimum atomic E-state index is -0.504. The molecular formula is C21H24N2O4. The van der Waals surface area contributed by atoms with Crippen LogP contribution >= 0.6 is 0 Å². The lowest BCUT2D eigenvalue weighted by atomic mass is 10.1. The Morgan fingerprint density at radius 2 is 1.74 bits per heavy atom. The quantitative estimate of drug-likeness (QED) is 0.800. The van der Waals surface area contributed by atoms with Crippen molar-refractivity contribution in [3.8, 4) is 5.75 Å². The molecule has 1 aliphatic carbocycles. The molecule has 27 heavy (non-hydrogen) atoms. The number of nitrogens with zero attached hydrogens (tertiary/aromatic N) is 1. The van der Waals surface area contributed by atoms with Crippen LogP contribution in [0, 0.1) is 0 Å². The minimum Gasteiger partial charge on any atom is -0.497 e. The molecule has 6 heteroatoms. The van der Waals surface area contributed by atoms with Gasteiger partial charge in [0, 0.05) is 23.8 Å². The Morgan fingerprint density at radius 3 is 2.30 bits per heavy atom. The molecular weight excluding hydrogens is 344 g/mol. The van der Waals surface area contributed by atoms with E-state index in [2.05, 4.69) is 5.32 Å². The van der Waals surface area contributed by atoms with Gasteiger partial charge in [0.1, 0.15) is 5.75 Å². The number of ether oxygens (including phenoxy) is 2. The molecule has 0 aliphatic heterocycles. The predicted octanol–water partition coefficient (Wildman–Crippen LogP) is 4.07. The lowest BCUT2D eigenvalue weighted by Crippen LogP contribution is -2.32. The third kappa shape index (κ3) is 5.00. The third-order valence-corrected chi connectivity index (χ3v) is 4.41. The standard InChI is InChI=1S/C21H24N2O4/c1-3-27-21(25)22-17-8-6-16(7-9-17)20(24)23(18-10-11-18)14-15-4-12-19(26-2)13-5-15/h4-9,12-13,18H,3,10-11,14H2,1-2H3,(H,22,25). The van der Waals surface area contributed by atoms with Crippen LogP contribution in [-0.4, -0.2) is 36.7 Å². The number of hydrogen-bond donors (Lipinski definition) is 1. The highest BCUT2D eigenvalue weighted by molar-refractivity contribution is 5.95. The number of anilines is 1. The van der Waals surface area contributed by atoms with Crippen molar-refractivity contribution in [2.45, 2.75) is 32.4 Å². The van der Waals surface area contributed by atoms with Gasteiger partial charge in [0.25, 0.3) is 5.91 Å². The molecule has 0 aromatic heterocycles. The van der Waals surface area contributed by atoms with Gasteiger partial charge >= 0.3 is 6.09 Å². The second-order valence-corrected chi connectivity index (χ2v) is 6.44. The molecule has 2 aromatic rings. The highest BCUT2D eigenvalue weighted by atomic mass is 16.5. The number of rotatable bonds is 7. The van der Waals surface area contributed by atoms with E-state index in [1.165, 1.54) is 0 Å². The summed E-state index contributed by atoms with van der Waals surface area (Å²) < 4.78 is 10.0. The Kier molecular flexibility index (Phi) is 5.96. The maximum absolute atomic E-state index is 13.0. The number of hydrogen-bond acceptors (Lipinski definition) is 4. The number of amides is 2. The van der Waals surface area contributed by atoms with Gasteiger partial charge in [-0.1, -0.05) is 12.1 Å². The fraction of sp³-hybridized carbons (Fsp3) is 0.333. The monoisotopic (exact) mass is 368 g/mol. The van der Waals surface area contributed by atoms with Crippen molar-refractivity contribution in [2.24, 2.45) is 0 Å². The maximum Gasteiger partial charge on any atom is 0.411 e. The first-order chi connectivity index (χ1) is 13.1. The molecule has 0 unspecified atom stereocenters. The Bertz CT molecular complexity index is 783. The first kappa shape index (κ1) is 18.8. The zero-order valence-corrected chi connectivity index (χ0v) is 15.6. The Morgan fingerprint density at radius 1 is 1.07 bits per heavy atom. The van der Waals surface area contributed by atoms with E-state index in [1.807, 2.05) is 29.2 Å². The van der Waals surface area contributed by atoms with Crippen LogP contribution in [0.25, 0.3) is 0 Å². The van der Waals surface area contributed by atoms with Crippen molar-refractivity contribution in [1.82, 2.24) is 4.90 Å². The molecule has 142 valence electrons. The van der Waals surface area contributed by atoms with Gasteiger partial charge in [0.2, 0.25) is 0 Å². The molecule has 0 spiro atoms. The molecule has 0 bridgehead atoms. The summed E-state index contributed by atoms with van der Waals surface area (Å²) in [4.78, 5) is 26.4. The van der Waals surface area contributed by atoms with Crippen LogP contribution in [0.5, 0.6) is 5.75 Å². The largest absolute Gasteiger partial charge is 0.497 e. The zero-order valence-electron chi connectivity index (χ0n) is 15.6. The van der Waals surface area contributed by atoms with Gasteiger partial charge in [0.15, 0.2) is 0 Å². The van der Waals surface area contributed by atoms with Gasteiger partial charge in [-0.25, -0.2) is 4.79 Å². The lowest BCUT2D eigenvalue weighted by molar-refractivity contribution is 0.0730. The molecule has 0 heterocycles. The van der Waals surface area contributed by atoms with Crippen LogP contribution in [-0.2, 0) is 11.3 Å². The molecule has 2 amide bonds. The van der Waals surface area contributed by atoms with Crippen molar-refractivity contribution in [3.05, 3.63) is 59.7 Å². The SMILES string of the molecule is CCOC(=O)Nc1ccc(C(=O)N(Cc2ccc(OC)cc2)C2CC2)cc1. The average molecular weight is 368 g/mol. The normalized spacial score (nSPS) is 13.0. The van der Waals surface area contributed by atoms with Crippen molar-refractivity contribution in [2.75, 3.05) is 19.0 Å². The van der Waals surface area contributed by atoms with Crippen molar-refractivity contribution in [3.63, 3.8) is 0 Å². The molecule has 2 aromatic carbocycles. The van der Waals surface area contributed by atoms with Crippen LogP contribution in [0.2, 0.25) is 0 Å². The number of benzene rings is 2. The van der Waals surface area contributed by atoms with E-state index in [-0.39, 0.29) is 11.9 Å². The summed E-state index contributed by atoms with van der Waals surface area (Å²) in [5, 5.41) is 2.63. The molecule has 1 saturated carbocycles. The molecule has 1 aliphatic rings. The average Bonchev–Trinajstić information content (AvgIpc) is 3.52. The maximum atomic E-state index is 13.0. The van der Waals surface area contributed by atoms with Crippen LogP contribution in [0.3, 0.4) is 0 Å². The number of carbonyl (C=O) groups is 2. The van der Waals surface area contributed by atoms with Gasteiger partial charge < -0.3 is 14.4 Å². The topological polar surface area (TPSA) is 67.9 Å². The zero-order chi connectivity index (χ0) is 19.2. The lowest BCUT2D eigenvalue weighted by Gasteiger charge is -2.23. The Hall–Kier alpha value is -3.02. The summed E-state index contributed by atoms with van der Waals surface area (Å²) in [7, 11) is 1.63. The number of methoxy groups -OCH3 is 1. The summed E-state index contributed by atoms with van der Waals surface area (Å²) in [6.07, 6.45) is 1.56. The third-order valence-electron chi connectivity index (χ3n) is 4.41. The first-order valence-corrected chi connectivity index (χ1v) is 9.08. The van der Waals surface area contributed by atoms with E-state index < -0.39 is 6.09 Å². The summed E-state index contributed by atoms with van der Waals surface area (Å²) >= 11 is 0. The highest BCUT2D eigenvalue weighted by Gasteiger charge is 2.33. The van der Waals surface area contributed by atoms with Gasteiger partial charge in [-0.2, -0.15) is 0 Å². The smallest absolute Gasteiger partial charge is 0.411 e.